The van der Waals surface area contributed by atoms with E-state index < -0.39 is 0 Å². The molecule has 0 spiro atoms. The lowest BCUT2D eigenvalue weighted by atomic mass is 10.1. The van der Waals surface area contributed by atoms with Crippen molar-refractivity contribution in [2.24, 2.45) is 0 Å². The Kier molecular flexibility index (Phi) is 3.33. The summed E-state index contributed by atoms with van der Waals surface area (Å²) in [5.41, 5.74) is 4.39. The molecule has 1 aromatic heterocycles. The molecule has 3 heteroatoms. The predicted octanol–water partition coefficient (Wildman–Crippen LogP) is 3.94. The highest BCUT2D eigenvalue weighted by Gasteiger charge is 2.10. The molecular formula is C15H15BrN2. The monoisotopic (exact) mass is 302 g/mol. The van der Waals surface area contributed by atoms with Crippen molar-refractivity contribution in [3.05, 3.63) is 57.7 Å². The Morgan fingerprint density at radius 3 is 2.83 bits per heavy atom. The highest BCUT2D eigenvalue weighted by atomic mass is 79.9. The van der Waals surface area contributed by atoms with Gasteiger partial charge in [0, 0.05) is 17.2 Å². The molecule has 0 atom stereocenters. The number of pyridine rings is 1. The molecule has 0 saturated heterocycles. The Labute approximate surface area is 116 Å². The molecular weight excluding hydrogens is 288 g/mol. The molecule has 0 unspecified atom stereocenters. The van der Waals surface area contributed by atoms with Gasteiger partial charge in [0.15, 0.2) is 0 Å². The molecule has 92 valence electrons. The van der Waals surface area contributed by atoms with Crippen molar-refractivity contribution in [2.45, 2.75) is 25.8 Å². The number of anilines is 1. The zero-order valence-electron chi connectivity index (χ0n) is 10.1. The number of nitrogens with one attached hydrogen (secondary N) is 1. The van der Waals surface area contributed by atoms with Crippen LogP contribution in [0.1, 0.15) is 23.1 Å². The summed E-state index contributed by atoms with van der Waals surface area (Å²) in [4.78, 5) is 4.31. The number of nitrogens with zero attached hydrogens (tertiary/aromatic N) is 1. The molecule has 2 nitrogen and oxygen atoms in total. The lowest BCUT2D eigenvalue weighted by molar-refractivity contribution is 0.911. The molecule has 1 heterocycles. The summed E-state index contributed by atoms with van der Waals surface area (Å²) >= 11 is 3.38. The number of hydrogen-bond donors (Lipinski definition) is 1. The Balaban J connectivity index is 1.68. The first-order valence-corrected chi connectivity index (χ1v) is 7.07. The minimum Gasteiger partial charge on any atom is -0.366 e. The van der Waals surface area contributed by atoms with Gasteiger partial charge >= 0.3 is 0 Å². The summed E-state index contributed by atoms with van der Waals surface area (Å²) < 4.78 is 1.01. The average molecular weight is 303 g/mol. The van der Waals surface area contributed by atoms with E-state index in [2.05, 4.69) is 44.4 Å². The smallest absolute Gasteiger partial charge is 0.126 e. The van der Waals surface area contributed by atoms with Crippen molar-refractivity contribution in [3.8, 4) is 0 Å². The molecule has 1 aliphatic carbocycles. The van der Waals surface area contributed by atoms with Crippen molar-refractivity contribution >= 4 is 21.7 Å². The summed E-state index contributed by atoms with van der Waals surface area (Å²) in [5, 5.41) is 3.35. The largest absolute Gasteiger partial charge is 0.366 e. The molecule has 2 aromatic rings. The van der Waals surface area contributed by atoms with Crippen LogP contribution in [0, 0.1) is 0 Å². The van der Waals surface area contributed by atoms with E-state index in [-0.39, 0.29) is 0 Å². The Hall–Kier alpha value is -1.35. The first-order valence-electron chi connectivity index (χ1n) is 6.27. The van der Waals surface area contributed by atoms with E-state index in [1.54, 1.807) is 0 Å². The van der Waals surface area contributed by atoms with Crippen LogP contribution in [0.15, 0.2) is 41.0 Å². The third-order valence-electron chi connectivity index (χ3n) is 3.36. The second-order valence-electron chi connectivity index (χ2n) is 4.67. The zero-order valence-corrected chi connectivity index (χ0v) is 11.7. The molecule has 3 rings (SSSR count). The Morgan fingerprint density at radius 1 is 1.11 bits per heavy atom. The predicted molar refractivity (Wildman–Crippen MR) is 77.7 cm³/mol. The van der Waals surface area contributed by atoms with Gasteiger partial charge in [-0.3, -0.25) is 0 Å². The van der Waals surface area contributed by atoms with Crippen LogP contribution in [0.2, 0.25) is 0 Å². The quantitative estimate of drug-likeness (QED) is 0.929. The van der Waals surface area contributed by atoms with Gasteiger partial charge in [-0.25, -0.2) is 4.98 Å². The van der Waals surface area contributed by atoms with Gasteiger partial charge in [-0.15, -0.1) is 0 Å². The maximum absolute atomic E-state index is 4.31. The van der Waals surface area contributed by atoms with E-state index in [1.807, 2.05) is 18.3 Å². The molecule has 0 radical (unpaired) electrons. The number of rotatable bonds is 3. The third kappa shape index (κ3) is 2.56. The van der Waals surface area contributed by atoms with Crippen molar-refractivity contribution in [2.75, 3.05) is 5.32 Å². The Morgan fingerprint density at radius 2 is 2.00 bits per heavy atom. The van der Waals surface area contributed by atoms with Gasteiger partial charge in [0.1, 0.15) is 5.82 Å². The molecule has 18 heavy (non-hydrogen) atoms. The fraction of sp³-hybridized carbons (Fsp3) is 0.267. The van der Waals surface area contributed by atoms with Crippen molar-refractivity contribution in [1.29, 1.82) is 0 Å². The van der Waals surface area contributed by atoms with Gasteiger partial charge in [0.25, 0.3) is 0 Å². The highest BCUT2D eigenvalue weighted by molar-refractivity contribution is 9.10. The van der Waals surface area contributed by atoms with Crippen molar-refractivity contribution < 1.29 is 0 Å². The summed E-state index contributed by atoms with van der Waals surface area (Å²) in [6.07, 6.45) is 5.60. The normalized spacial score (nSPS) is 13.4. The molecule has 0 bridgehead atoms. The van der Waals surface area contributed by atoms with Gasteiger partial charge in [0.2, 0.25) is 0 Å². The lowest BCUT2D eigenvalue weighted by Crippen LogP contribution is -2.01. The van der Waals surface area contributed by atoms with Crippen LogP contribution in [0.3, 0.4) is 0 Å². The van der Waals surface area contributed by atoms with Crippen LogP contribution in [0.4, 0.5) is 5.82 Å². The van der Waals surface area contributed by atoms with E-state index in [1.165, 1.54) is 36.0 Å². The van der Waals surface area contributed by atoms with Gasteiger partial charge < -0.3 is 5.32 Å². The standard InChI is InChI=1S/C15H15BrN2/c16-14-6-7-15(18-10-14)17-9-11-4-5-12-2-1-3-13(12)8-11/h4-8,10H,1-3,9H2,(H,17,18). The van der Waals surface area contributed by atoms with Gasteiger partial charge in [-0.05, 0) is 64.0 Å². The van der Waals surface area contributed by atoms with Crippen LogP contribution >= 0.6 is 15.9 Å². The van der Waals surface area contributed by atoms with Crippen molar-refractivity contribution in [1.82, 2.24) is 4.98 Å². The van der Waals surface area contributed by atoms with Gasteiger partial charge in [0.05, 0.1) is 0 Å². The first kappa shape index (κ1) is 11.7. The molecule has 1 N–H and O–H groups in total. The number of aryl methyl sites for hydroxylation is 2. The van der Waals surface area contributed by atoms with Gasteiger partial charge in [-0.2, -0.15) is 0 Å². The minimum absolute atomic E-state index is 0.835. The number of hydrogen-bond acceptors (Lipinski definition) is 2. The van der Waals surface area contributed by atoms with E-state index >= 15 is 0 Å². The fourth-order valence-electron chi connectivity index (χ4n) is 2.41. The molecule has 0 fully saturated rings. The highest BCUT2D eigenvalue weighted by Crippen LogP contribution is 2.23. The van der Waals surface area contributed by atoms with Crippen molar-refractivity contribution in [3.63, 3.8) is 0 Å². The minimum atomic E-state index is 0.835. The van der Waals surface area contributed by atoms with Crippen LogP contribution in [0.25, 0.3) is 0 Å². The second-order valence-corrected chi connectivity index (χ2v) is 5.59. The number of benzene rings is 1. The SMILES string of the molecule is Brc1ccc(NCc2ccc3c(c2)CCC3)nc1. The fourth-order valence-corrected chi connectivity index (χ4v) is 2.64. The molecule has 0 amide bonds. The zero-order chi connectivity index (χ0) is 12.4. The van der Waals surface area contributed by atoms with Crippen LogP contribution in [-0.2, 0) is 19.4 Å². The van der Waals surface area contributed by atoms with Crippen LogP contribution in [0.5, 0.6) is 0 Å². The summed E-state index contributed by atoms with van der Waals surface area (Å²) in [5.74, 6) is 0.915. The summed E-state index contributed by atoms with van der Waals surface area (Å²) in [7, 11) is 0. The third-order valence-corrected chi connectivity index (χ3v) is 3.83. The van der Waals surface area contributed by atoms with E-state index in [9.17, 15) is 0 Å². The average Bonchev–Trinajstić information content (AvgIpc) is 2.85. The van der Waals surface area contributed by atoms with E-state index in [0.717, 1.165) is 16.8 Å². The maximum Gasteiger partial charge on any atom is 0.126 e. The molecule has 1 aromatic carbocycles. The number of halogens is 1. The molecule has 0 saturated carbocycles. The maximum atomic E-state index is 4.31. The first-order chi connectivity index (χ1) is 8.81. The van der Waals surface area contributed by atoms with E-state index in [0.29, 0.717) is 0 Å². The Bertz CT molecular complexity index is 549. The van der Waals surface area contributed by atoms with Crippen LogP contribution in [-0.4, -0.2) is 4.98 Å². The number of fused-ring (bicyclic) bond motifs is 1. The molecule has 0 aliphatic heterocycles. The lowest BCUT2D eigenvalue weighted by Gasteiger charge is -2.07. The summed E-state index contributed by atoms with van der Waals surface area (Å²) in [6, 6.07) is 10.8. The second kappa shape index (κ2) is 5.11. The number of aromatic nitrogens is 1. The molecule has 1 aliphatic rings. The van der Waals surface area contributed by atoms with Crippen LogP contribution < -0.4 is 5.32 Å². The van der Waals surface area contributed by atoms with Gasteiger partial charge in [-0.1, -0.05) is 18.2 Å². The summed E-state index contributed by atoms with van der Waals surface area (Å²) in [6.45, 7) is 0.835. The van der Waals surface area contributed by atoms with E-state index in [4.69, 9.17) is 0 Å². The topological polar surface area (TPSA) is 24.9 Å².